The second-order valence-corrected chi connectivity index (χ2v) is 13.7. The molecule has 0 aliphatic heterocycles. The van der Waals surface area contributed by atoms with E-state index in [9.17, 15) is 25.2 Å². The fraction of sp³-hybridized carbons (Fsp3) is 0.966. The third kappa shape index (κ3) is 4.41. The van der Waals surface area contributed by atoms with Gasteiger partial charge < -0.3 is 20.4 Å². The molecule has 0 radical (unpaired) electrons. The Labute approximate surface area is 206 Å². The lowest BCUT2D eigenvalue weighted by atomic mass is 9.44. The van der Waals surface area contributed by atoms with Crippen LogP contribution in [0, 0.1) is 58.2 Å². The Balaban J connectivity index is 1.46. The number of aliphatic hydroxyl groups excluding tert-OH is 1. The monoisotopic (exact) mass is 478 g/mol. The van der Waals surface area contributed by atoms with Crippen LogP contribution in [-0.2, 0) is 4.79 Å². The van der Waals surface area contributed by atoms with E-state index in [0.29, 0.717) is 47.7 Å². The van der Waals surface area contributed by atoms with Gasteiger partial charge in [-0.1, -0.05) is 53.9 Å². The van der Waals surface area contributed by atoms with Gasteiger partial charge in [-0.3, -0.25) is 4.79 Å². The summed E-state index contributed by atoms with van der Waals surface area (Å²) in [4.78, 5) is 13.3. The summed E-state index contributed by atoms with van der Waals surface area (Å²) in [7, 11) is 0. The minimum atomic E-state index is -3.05. The summed E-state index contributed by atoms with van der Waals surface area (Å²) in [5, 5.41) is 39.0. The fourth-order valence-electron chi connectivity index (χ4n) is 9.87. The predicted octanol–water partition coefficient (Wildman–Crippen LogP) is 4.89. The maximum Gasteiger partial charge on any atom is 0.303 e. The second-order valence-electron chi connectivity index (χ2n) is 13.7. The van der Waals surface area contributed by atoms with Crippen LogP contribution in [0.1, 0.15) is 105 Å². The molecule has 0 spiro atoms. The smallest absolute Gasteiger partial charge is 0.303 e. The van der Waals surface area contributed by atoms with Crippen LogP contribution in [0.25, 0.3) is 0 Å². The SMILES string of the molecule is CC(C)C(CCC(C)[C@H]1CC[C@H]2[C@@H]3CC(=O)C4CCCC[C@]4(C)[C@H]3CC[C@]12C)C(O)C(O)(O)O. The first kappa shape index (κ1) is 26.6. The van der Waals surface area contributed by atoms with E-state index >= 15 is 0 Å². The number of carbonyl (C=O) groups excluding carboxylic acids is 1. The second kappa shape index (κ2) is 9.43. The lowest BCUT2D eigenvalue weighted by Crippen LogP contribution is -2.56. The van der Waals surface area contributed by atoms with Crippen molar-refractivity contribution in [1.29, 1.82) is 0 Å². The summed E-state index contributed by atoms with van der Waals surface area (Å²) in [6.07, 6.45) is 10.6. The first-order chi connectivity index (χ1) is 15.8. The van der Waals surface area contributed by atoms with Gasteiger partial charge in [0.1, 0.15) is 11.9 Å². The molecule has 0 aromatic carbocycles. The molecule has 4 saturated carbocycles. The number of fused-ring (bicyclic) bond motifs is 5. The van der Waals surface area contributed by atoms with Crippen molar-refractivity contribution in [2.45, 2.75) is 117 Å². The van der Waals surface area contributed by atoms with Crippen molar-refractivity contribution < 1.29 is 25.2 Å². The number of hydrogen-bond donors (Lipinski definition) is 4. The Kier molecular flexibility index (Phi) is 7.37. The van der Waals surface area contributed by atoms with Gasteiger partial charge >= 0.3 is 5.97 Å². The first-order valence-corrected chi connectivity index (χ1v) is 14.2. The quantitative estimate of drug-likeness (QED) is 0.390. The van der Waals surface area contributed by atoms with Crippen molar-refractivity contribution in [2.24, 2.45) is 58.2 Å². The zero-order valence-corrected chi connectivity index (χ0v) is 22.2. The Bertz CT molecular complexity index is 743. The molecule has 0 saturated heterocycles. The molecule has 4 unspecified atom stereocenters. The van der Waals surface area contributed by atoms with E-state index in [1.165, 1.54) is 44.9 Å². The predicted molar refractivity (Wildman–Crippen MR) is 132 cm³/mol. The molecule has 4 aliphatic rings. The zero-order chi connectivity index (χ0) is 25.1. The fourth-order valence-corrected chi connectivity index (χ4v) is 9.87. The normalized spacial score (nSPS) is 43.1. The Morgan fingerprint density at radius 1 is 0.912 bits per heavy atom. The van der Waals surface area contributed by atoms with Crippen LogP contribution in [0.3, 0.4) is 0 Å². The van der Waals surface area contributed by atoms with E-state index in [2.05, 4.69) is 20.8 Å². The van der Waals surface area contributed by atoms with Crippen LogP contribution in [0.2, 0.25) is 0 Å². The standard InChI is InChI=1S/C29H50O5/c1-17(2)19(26(31)29(32,33)34)10-9-18(3)21-11-12-22-20-16-25(30)24-8-6-7-14-27(24,4)23(20)13-15-28(21,22)5/h17-24,26,31-34H,6-16H2,1-5H3/t18?,19?,20-,21+,22-,23-,24?,26?,27+,28+/m0/s1. The van der Waals surface area contributed by atoms with E-state index in [4.69, 9.17) is 0 Å². The number of ketones is 1. The van der Waals surface area contributed by atoms with Gasteiger partial charge in [0.25, 0.3) is 0 Å². The van der Waals surface area contributed by atoms with Gasteiger partial charge in [0.05, 0.1) is 0 Å². The minimum Gasteiger partial charge on any atom is -0.384 e. The summed E-state index contributed by atoms with van der Waals surface area (Å²) in [6.45, 7) is 11.2. The average Bonchev–Trinajstić information content (AvgIpc) is 3.10. The van der Waals surface area contributed by atoms with E-state index < -0.39 is 12.1 Å². The molecule has 0 bridgehead atoms. The number of rotatable bonds is 7. The molecular weight excluding hydrogens is 428 g/mol. The molecule has 0 heterocycles. The highest BCUT2D eigenvalue weighted by molar-refractivity contribution is 5.83. The molecule has 4 N–H and O–H groups in total. The Morgan fingerprint density at radius 2 is 1.59 bits per heavy atom. The van der Waals surface area contributed by atoms with E-state index in [1.807, 2.05) is 13.8 Å². The lowest BCUT2D eigenvalue weighted by Gasteiger charge is -2.60. The summed E-state index contributed by atoms with van der Waals surface area (Å²) in [6, 6.07) is 0. The van der Waals surface area contributed by atoms with Crippen molar-refractivity contribution in [3.8, 4) is 0 Å². The number of carbonyl (C=O) groups is 1. The lowest BCUT2D eigenvalue weighted by molar-refractivity contribution is -0.365. The third-order valence-electron chi connectivity index (χ3n) is 11.7. The summed E-state index contributed by atoms with van der Waals surface area (Å²) in [5.41, 5.74) is 0.481. The molecule has 5 nitrogen and oxygen atoms in total. The van der Waals surface area contributed by atoms with Crippen LogP contribution in [-0.4, -0.2) is 38.3 Å². The number of Topliss-reactive ketones (excluding diaryl/α,β-unsaturated/α-hetero) is 1. The van der Waals surface area contributed by atoms with Gasteiger partial charge in [0.2, 0.25) is 0 Å². The maximum absolute atomic E-state index is 13.3. The minimum absolute atomic E-state index is 0.0350. The number of aliphatic hydroxyl groups is 4. The van der Waals surface area contributed by atoms with Crippen molar-refractivity contribution in [3.05, 3.63) is 0 Å². The van der Waals surface area contributed by atoms with Crippen molar-refractivity contribution in [3.63, 3.8) is 0 Å². The Hall–Kier alpha value is -0.490. The molecule has 34 heavy (non-hydrogen) atoms. The molecule has 196 valence electrons. The molecule has 4 aliphatic carbocycles. The van der Waals surface area contributed by atoms with Crippen LogP contribution in [0.5, 0.6) is 0 Å². The third-order valence-corrected chi connectivity index (χ3v) is 11.7. The molecule has 4 fully saturated rings. The van der Waals surface area contributed by atoms with Gasteiger partial charge in [-0.05, 0) is 97.2 Å². The van der Waals surface area contributed by atoms with Gasteiger partial charge in [-0.15, -0.1) is 0 Å². The van der Waals surface area contributed by atoms with Crippen LogP contribution in [0.4, 0.5) is 0 Å². The van der Waals surface area contributed by atoms with Crippen molar-refractivity contribution in [1.82, 2.24) is 0 Å². The maximum atomic E-state index is 13.3. The average molecular weight is 479 g/mol. The van der Waals surface area contributed by atoms with E-state index in [0.717, 1.165) is 19.3 Å². The largest absolute Gasteiger partial charge is 0.384 e. The van der Waals surface area contributed by atoms with E-state index in [1.54, 1.807) is 0 Å². The molecule has 0 aromatic rings. The van der Waals surface area contributed by atoms with Crippen molar-refractivity contribution >= 4 is 5.78 Å². The van der Waals surface area contributed by atoms with Crippen molar-refractivity contribution in [2.75, 3.05) is 0 Å². The Morgan fingerprint density at radius 3 is 2.24 bits per heavy atom. The molecule has 4 rings (SSSR count). The van der Waals surface area contributed by atoms with Gasteiger partial charge in [0.15, 0.2) is 0 Å². The highest BCUT2D eigenvalue weighted by atomic mass is 16.7. The van der Waals surface area contributed by atoms with Crippen LogP contribution in [0.15, 0.2) is 0 Å². The molecule has 5 heteroatoms. The number of hydrogen-bond acceptors (Lipinski definition) is 5. The molecule has 0 amide bonds. The van der Waals surface area contributed by atoms with E-state index in [-0.39, 0.29) is 22.7 Å². The molecule has 10 atom stereocenters. The van der Waals surface area contributed by atoms with Gasteiger partial charge in [-0.2, -0.15) is 0 Å². The van der Waals surface area contributed by atoms with Crippen LogP contribution < -0.4 is 0 Å². The topological polar surface area (TPSA) is 98.0 Å². The van der Waals surface area contributed by atoms with Crippen LogP contribution >= 0.6 is 0 Å². The van der Waals surface area contributed by atoms with Gasteiger partial charge in [0, 0.05) is 12.3 Å². The summed E-state index contributed by atoms with van der Waals surface area (Å²) in [5.74, 6) is 0.408. The summed E-state index contributed by atoms with van der Waals surface area (Å²) >= 11 is 0. The highest BCUT2D eigenvalue weighted by Gasteiger charge is 2.61. The van der Waals surface area contributed by atoms with Gasteiger partial charge in [-0.25, -0.2) is 0 Å². The first-order valence-electron chi connectivity index (χ1n) is 14.2. The molecular formula is C29H50O5. The molecule has 0 aromatic heterocycles. The highest BCUT2D eigenvalue weighted by Crippen LogP contribution is 2.67. The zero-order valence-electron chi connectivity index (χ0n) is 22.2. The summed E-state index contributed by atoms with van der Waals surface area (Å²) < 4.78 is 0.